The molecule has 0 aliphatic rings. The van der Waals surface area contributed by atoms with Crippen molar-refractivity contribution in [3.05, 3.63) is 83.4 Å². The molecule has 1 aromatic heterocycles. The number of imidazole rings is 1. The monoisotopic (exact) mass is 404 g/mol. The van der Waals surface area contributed by atoms with Crippen molar-refractivity contribution in [1.82, 2.24) is 14.9 Å². The third-order valence-corrected chi connectivity index (χ3v) is 5.04. The highest BCUT2D eigenvalue weighted by Gasteiger charge is 2.12. The summed E-state index contributed by atoms with van der Waals surface area (Å²) in [5, 5.41) is 6.17. The molecule has 0 saturated heterocycles. The first kappa shape index (κ1) is 19.0. The number of para-hydroxylation sites is 3. The van der Waals surface area contributed by atoms with Crippen LogP contribution in [0.4, 0.5) is 10.5 Å². The molecule has 146 valence electrons. The van der Waals surface area contributed by atoms with E-state index in [1.807, 2.05) is 36.4 Å². The summed E-state index contributed by atoms with van der Waals surface area (Å²) >= 11 is 6.09. The van der Waals surface area contributed by atoms with Crippen LogP contribution in [-0.4, -0.2) is 22.1 Å². The van der Waals surface area contributed by atoms with Crippen molar-refractivity contribution in [1.29, 1.82) is 0 Å². The van der Waals surface area contributed by atoms with E-state index in [1.54, 1.807) is 12.1 Å². The van der Waals surface area contributed by atoms with Crippen molar-refractivity contribution in [2.75, 3.05) is 11.9 Å². The van der Waals surface area contributed by atoms with Gasteiger partial charge in [-0.25, -0.2) is 9.78 Å². The fourth-order valence-corrected chi connectivity index (χ4v) is 3.42. The molecule has 0 aliphatic carbocycles. The number of amides is 2. The van der Waals surface area contributed by atoms with Gasteiger partial charge in [0.05, 0.1) is 21.7 Å². The van der Waals surface area contributed by atoms with Crippen LogP contribution in [0.5, 0.6) is 0 Å². The number of carbonyl (C=O) groups is 1. The van der Waals surface area contributed by atoms with E-state index >= 15 is 0 Å². The Hall–Kier alpha value is -3.31. The molecular formula is C23H21ClN4O. The Labute approximate surface area is 174 Å². The average molecular weight is 405 g/mol. The summed E-state index contributed by atoms with van der Waals surface area (Å²) in [4.78, 5) is 17.1. The van der Waals surface area contributed by atoms with E-state index in [2.05, 4.69) is 46.4 Å². The predicted molar refractivity (Wildman–Crippen MR) is 118 cm³/mol. The van der Waals surface area contributed by atoms with E-state index < -0.39 is 0 Å². The number of nitrogens with zero attached hydrogens (tertiary/aromatic N) is 2. The number of aromatic nitrogens is 2. The topological polar surface area (TPSA) is 59.0 Å². The lowest BCUT2D eigenvalue weighted by Crippen LogP contribution is -2.31. The van der Waals surface area contributed by atoms with Crippen LogP contribution < -0.4 is 10.6 Å². The van der Waals surface area contributed by atoms with Crippen LogP contribution in [0.15, 0.2) is 72.8 Å². The van der Waals surface area contributed by atoms with E-state index in [0.717, 1.165) is 22.4 Å². The quantitative estimate of drug-likeness (QED) is 0.462. The molecule has 1 heterocycles. The molecule has 3 aromatic carbocycles. The van der Waals surface area contributed by atoms with E-state index in [-0.39, 0.29) is 6.03 Å². The van der Waals surface area contributed by atoms with E-state index in [0.29, 0.717) is 23.8 Å². The lowest BCUT2D eigenvalue weighted by molar-refractivity contribution is 0.251. The highest BCUT2D eigenvalue weighted by atomic mass is 35.5. The first-order valence-corrected chi connectivity index (χ1v) is 9.81. The van der Waals surface area contributed by atoms with Crippen LogP contribution in [0.1, 0.15) is 5.56 Å². The third kappa shape index (κ3) is 4.25. The van der Waals surface area contributed by atoms with Crippen LogP contribution in [-0.2, 0) is 6.54 Å². The number of carbonyl (C=O) groups excluding carboxylic acids is 1. The Morgan fingerprint density at radius 3 is 2.52 bits per heavy atom. The van der Waals surface area contributed by atoms with Crippen LogP contribution in [0.25, 0.3) is 22.4 Å². The van der Waals surface area contributed by atoms with Gasteiger partial charge in [0, 0.05) is 18.7 Å². The van der Waals surface area contributed by atoms with Crippen molar-refractivity contribution in [2.24, 2.45) is 0 Å². The highest BCUT2D eigenvalue weighted by molar-refractivity contribution is 6.33. The summed E-state index contributed by atoms with van der Waals surface area (Å²) in [5.74, 6) is 0.888. The molecule has 0 unspecified atom stereocenters. The molecule has 4 rings (SSSR count). The molecule has 4 aromatic rings. The van der Waals surface area contributed by atoms with Crippen molar-refractivity contribution in [3.8, 4) is 11.4 Å². The van der Waals surface area contributed by atoms with Gasteiger partial charge in [-0.1, -0.05) is 65.7 Å². The highest BCUT2D eigenvalue weighted by Crippen LogP contribution is 2.25. The lowest BCUT2D eigenvalue weighted by atomic mass is 10.1. The molecule has 0 radical (unpaired) electrons. The van der Waals surface area contributed by atoms with Gasteiger partial charge in [0.2, 0.25) is 0 Å². The number of rotatable bonds is 5. The zero-order valence-corrected chi connectivity index (χ0v) is 16.8. The van der Waals surface area contributed by atoms with Crippen molar-refractivity contribution >= 4 is 34.4 Å². The van der Waals surface area contributed by atoms with Crippen LogP contribution in [0.3, 0.4) is 0 Å². The number of halogens is 1. The number of anilines is 1. The Balaban J connectivity index is 1.51. The number of benzene rings is 3. The van der Waals surface area contributed by atoms with Crippen LogP contribution >= 0.6 is 11.6 Å². The SMILES string of the molecule is Cc1ccc(-c2nc3ccccc3n2CCNC(=O)Nc2ccccc2Cl)cc1. The van der Waals surface area contributed by atoms with Gasteiger partial charge in [0.15, 0.2) is 0 Å². The number of hydrogen-bond acceptors (Lipinski definition) is 2. The normalized spacial score (nSPS) is 10.8. The van der Waals surface area contributed by atoms with Crippen molar-refractivity contribution in [2.45, 2.75) is 13.5 Å². The maximum atomic E-state index is 12.2. The van der Waals surface area contributed by atoms with Gasteiger partial charge >= 0.3 is 6.03 Å². The van der Waals surface area contributed by atoms with Gasteiger partial charge in [-0.05, 0) is 31.2 Å². The summed E-state index contributed by atoms with van der Waals surface area (Å²) < 4.78 is 2.13. The Morgan fingerprint density at radius 1 is 1.00 bits per heavy atom. The molecule has 5 nitrogen and oxygen atoms in total. The second kappa shape index (κ2) is 8.37. The minimum Gasteiger partial charge on any atom is -0.336 e. The maximum Gasteiger partial charge on any atom is 0.319 e. The first-order valence-electron chi connectivity index (χ1n) is 9.43. The van der Waals surface area contributed by atoms with E-state index in [9.17, 15) is 4.79 Å². The predicted octanol–water partition coefficient (Wildman–Crippen LogP) is 5.49. The van der Waals surface area contributed by atoms with Crippen molar-refractivity contribution in [3.63, 3.8) is 0 Å². The van der Waals surface area contributed by atoms with Gasteiger partial charge in [-0.15, -0.1) is 0 Å². The molecule has 2 N–H and O–H groups in total. The third-order valence-electron chi connectivity index (χ3n) is 4.71. The number of urea groups is 1. The van der Waals surface area contributed by atoms with Crippen molar-refractivity contribution < 1.29 is 4.79 Å². The molecule has 0 saturated carbocycles. The van der Waals surface area contributed by atoms with Gasteiger partial charge in [0.25, 0.3) is 0 Å². The molecule has 0 bridgehead atoms. The number of aryl methyl sites for hydroxylation is 1. The fourth-order valence-electron chi connectivity index (χ4n) is 3.24. The molecule has 0 spiro atoms. The molecule has 0 atom stereocenters. The summed E-state index contributed by atoms with van der Waals surface area (Å²) in [6.45, 7) is 3.11. The zero-order chi connectivity index (χ0) is 20.2. The molecule has 0 aliphatic heterocycles. The summed E-state index contributed by atoms with van der Waals surface area (Å²) in [5.41, 5.74) is 4.81. The summed E-state index contributed by atoms with van der Waals surface area (Å²) in [7, 11) is 0. The van der Waals surface area contributed by atoms with Gasteiger partial charge < -0.3 is 15.2 Å². The number of fused-ring (bicyclic) bond motifs is 1. The number of nitrogens with one attached hydrogen (secondary N) is 2. The van der Waals surface area contributed by atoms with Gasteiger partial charge in [-0.2, -0.15) is 0 Å². The fraction of sp³-hybridized carbons (Fsp3) is 0.130. The Kier molecular flexibility index (Phi) is 5.49. The smallest absolute Gasteiger partial charge is 0.319 e. The summed E-state index contributed by atoms with van der Waals surface area (Å²) in [6, 6.07) is 23.2. The van der Waals surface area contributed by atoms with E-state index in [4.69, 9.17) is 16.6 Å². The first-order chi connectivity index (χ1) is 14.1. The molecule has 0 fully saturated rings. The second-order valence-electron chi connectivity index (χ2n) is 6.80. The average Bonchev–Trinajstić information content (AvgIpc) is 3.09. The zero-order valence-electron chi connectivity index (χ0n) is 16.0. The van der Waals surface area contributed by atoms with Crippen LogP contribution in [0, 0.1) is 6.92 Å². The maximum absolute atomic E-state index is 12.2. The van der Waals surface area contributed by atoms with Gasteiger partial charge in [-0.3, -0.25) is 0 Å². The lowest BCUT2D eigenvalue weighted by Gasteiger charge is -2.12. The number of hydrogen-bond donors (Lipinski definition) is 2. The standard InChI is InChI=1S/C23H21ClN4O/c1-16-10-12-17(13-11-16)22-26-20-8-4-5-9-21(20)28(22)15-14-25-23(29)27-19-7-3-2-6-18(19)24/h2-13H,14-15H2,1H3,(H2,25,27,29). The molecule has 2 amide bonds. The molecule has 6 heteroatoms. The van der Waals surface area contributed by atoms with Crippen LogP contribution in [0.2, 0.25) is 5.02 Å². The summed E-state index contributed by atoms with van der Waals surface area (Å²) in [6.07, 6.45) is 0. The molecule has 29 heavy (non-hydrogen) atoms. The van der Waals surface area contributed by atoms with Gasteiger partial charge in [0.1, 0.15) is 5.82 Å². The Bertz CT molecular complexity index is 1150. The minimum absolute atomic E-state index is 0.292. The minimum atomic E-state index is -0.292. The second-order valence-corrected chi connectivity index (χ2v) is 7.21. The van der Waals surface area contributed by atoms with E-state index in [1.165, 1.54) is 5.56 Å². The Morgan fingerprint density at radius 2 is 1.72 bits per heavy atom. The molecular weight excluding hydrogens is 384 g/mol. The largest absolute Gasteiger partial charge is 0.336 e.